The first-order valence-electron chi connectivity index (χ1n) is 6.02. The molecule has 0 heterocycles. The van der Waals surface area contributed by atoms with Crippen LogP contribution in [0.15, 0.2) is 4.99 Å². The number of hydrogen-bond donors (Lipinski definition) is 3. The lowest BCUT2D eigenvalue weighted by atomic mass is 9.99. The molecule has 0 amide bonds. The Hall–Kier alpha value is -0.770. The second kappa shape index (κ2) is 6.67. The third-order valence-electron chi connectivity index (χ3n) is 3.20. The molecular formula is C11H24N4. The third kappa shape index (κ3) is 4.08. The first-order chi connectivity index (χ1) is 7.27. The Morgan fingerprint density at radius 3 is 2.80 bits per heavy atom. The van der Waals surface area contributed by atoms with Crippen molar-refractivity contribution >= 4 is 5.96 Å². The summed E-state index contributed by atoms with van der Waals surface area (Å²) < 4.78 is 0. The van der Waals surface area contributed by atoms with Crippen LogP contribution in [0.4, 0.5) is 0 Å². The highest BCUT2D eigenvalue weighted by atomic mass is 15.3. The van der Waals surface area contributed by atoms with Crippen molar-refractivity contribution in [2.24, 2.45) is 22.7 Å². The van der Waals surface area contributed by atoms with Gasteiger partial charge in [0.2, 0.25) is 5.96 Å². The molecule has 0 spiro atoms. The summed E-state index contributed by atoms with van der Waals surface area (Å²) in [5, 5.41) is 3.17. The molecule has 15 heavy (non-hydrogen) atoms. The van der Waals surface area contributed by atoms with Crippen LogP contribution < -0.4 is 16.6 Å². The zero-order chi connectivity index (χ0) is 11.1. The summed E-state index contributed by atoms with van der Waals surface area (Å²) in [6.45, 7) is 6.27. The summed E-state index contributed by atoms with van der Waals surface area (Å²) in [7, 11) is 0. The molecule has 0 aromatic heterocycles. The Balaban J connectivity index is 2.32. The van der Waals surface area contributed by atoms with Crippen LogP contribution >= 0.6 is 0 Å². The van der Waals surface area contributed by atoms with Crippen molar-refractivity contribution in [2.75, 3.05) is 13.1 Å². The van der Waals surface area contributed by atoms with Gasteiger partial charge in [-0.1, -0.05) is 26.7 Å². The lowest BCUT2D eigenvalue weighted by molar-refractivity contribution is 0.429. The summed E-state index contributed by atoms with van der Waals surface area (Å²) in [5.74, 6) is 7.69. The van der Waals surface area contributed by atoms with Gasteiger partial charge in [-0.15, -0.1) is 0 Å². The van der Waals surface area contributed by atoms with E-state index >= 15 is 0 Å². The van der Waals surface area contributed by atoms with E-state index in [2.05, 4.69) is 29.6 Å². The van der Waals surface area contributed by atoms with Gasteiger partial charge in [-0.3, -0.25) is 10.4 Å². The van der Waals surface area contributed by atoms with Crippen molar-refractivity contribution in [1.82, 2.24) is 10.7 Å². The van der Waals surface area contributed by atoms with Gasteiger partial charge < -0.3 is 5.32 Å². The minimum Gasteiger partial charge on any atom is -0.355 e. The minimum atomic E-state index is 0.732. The Morgan fingerprint density at radius 2 is 2.27 bits per heavy atom. The van der Waals surface area contributed by atoms with Gasteiger partial charge in [-0.05, 0) is 24.7 Å². The number of nitrogens with one attached hydrogen (secondary N) is 2. The predicted molar refractivity (Wildman–Crippen MR) is 64.4 cm³/mol. The van der Waals surface area contributed by atoms with Crippen molar-refractivity contribution in [2.45, 2.75) is 39.5 Å². The van der Waals surface area contributed by atoms with Crippen LogP contribution in [0.2, 0.25) is 0 Å². The van der Waals surface area contributed by atoms with E-state index in [0.29, 0.717) is 0 Å². The highest BCUT2D eigenvalue weighted by Gasteiger charge is 2.22. The minimum absolute atomic E-state index is 0.732. The van der Waals surface area contributed by atoms with Crippen molar-refractivity contribution < 1.29 is 0 Å². The van der Waals surface area contributed by atoms with Crippen LogP contribution in [-0.4, -0.2) is 19.0 Å². The summed E-state index contributed by atoms with van der Waals surface area (Å²) >= 11 is 0. The van der Waals surface area contributed by atoms with Crippen LogP contribution in [0, 0.1) is 11.8 Å². The largest absolute Gasteiger partial charge is 0.355 e. The van der Waals surface area contributed by atoms with Gasteiger partial charge >= 0.3 is 0 Å². The molecular weight excluding hydrogens is 188 g/mol. The van der Waals surface area contributed by atoms with E-state index in [0.717, 1.165) is 37.3 Å². The molecule has 1 aliphatic carbocycles. The van der Waals surface area contributed by atoms with Gasteiger partial charge in [0.1, 0.15) is 0 Å². The van der Waals surface area contributed by atoms with Crippen LogP contribution in [0.5, 0.6) is 0 Å². The summed E-state index contributed by atoms with van der Waals surface area (Å²) in [4.78, 5) is 4.48. The molecule has 1 rings (SSSR count). The SMILES string of the molecule is CCCNC(=NCC1CCCC1C)NN. The fraction of sp³-hybridized carbons (Fsp3) is 0.909. The van der Waals surface area contributed by atoms with Crippen molar-refractivity contribution in [1.29, 1.82) is 0 Å². The fourth-order valence-electron chi connectivity index (χ4n) is 2.10. The number of rotatable bonds is 4. The van der Waals surface area contributed by atoms with E-state index < -0.39 is 0 Å². The van der Waals surface area contributed by atoms with Crippen LogP contribution in [0.25, 0.3) is 0 Å². The molecule has 1 aliphatic rings. The average molecular weight is 212 g/mol. The zero-order valence-electron chi connectivity index (χ0n) is 9.92. The maximum absolute atomic E-state index is 5.39. The number of hydrazine groups is 1. The number of aliphatic imine (C=N–C) groups is 1. The topological polar surface area (TPSA) is 62.4 Å². The molecule has 1 fully saturated rings. The van der Waals surface area contributed by atoms with Gasteiger partial charge in [-0.2, -0.15) is 0 Å². The molecule has 0 bridgehead atoms. The molecule has 88 valence electrons. The van der Waals surface area contributed by atoms with Gasteiger partial charge in [0.05, 0.1) is 0 Å². The molecule has 2 unspecified atom stereocenters. The van der Waals surface area contributed by atoms with E-state index in [1.165, 1.54) is 19.3 Å². The zero-order valence-corrected chi connectivity index (χ0v) is 9.92. The molecule has 0 aromatic rings. The molecule has 0 aromatic carbocycles. The second-order valence-electron chi connectivity index (χ2n) is 4.43. The maximum Gasteiger partial charge on any atom is 0.205 e. The summed E-state index contributed by atoms with van der Waals surface area (Å²) in [5.41, 5.74) is 2.61. The molecule has 4 N–H and O–H groups in total. The Bertz CT molecular complexity index is 203. The van der Waals surface area contributed by atoms with E-state index in [-0.39, 0.29) is 0 Å². The number of guanidine groups is 1. The monoisotopic (exact) mass is 212 g/mol. The smallest absolute Gasteiger partial charge is 0.205 e. The molecule has 1 saturated carbocycles. The van der Waals surface area contributed by atoms with Gasteiger partial charge in [0.15, 0.2) is 0 Å². The van der Waals surface area contributed by atoms with Crippen LogP contribution in [0.3, 0.4) is 0 Å². The van der Waals surface area contributed by atoms with Crippen molar-refractivity contribution in [3.05, 3.63) is 0 Å². The normalized spacial score (nSPS) is 26.7. The molecule has 0 saturated heterocycles. The van der Waals surface area contributed by atoms with E-state index in [4.69, 9.17) is 5.84 Å². The lowest BCUT2D eigenvalue weighted by Gasteiger charge is -2.14. The van der Waals surface area contributed by atoms with Gasteiger partial charge in [-0.25, -0.2) is 5.84 Å². The predicted octanol–water partition coefficient (Wildman–Crippen LogP) is 1.24. The average Bonchev–Trinajstić information content (AvgIpc) is 2.65. The maximum atomic E-state index is 5.39. The fourth-order valence-corrected chi connectivity index (χ4v) is 2.10. The first-order valence-corrected chi connectivity index (χ1v) is 6.02. The van der Waals surface area contributed by atoms with Crippen molar-refractivity contribution in [3.8, 4) is 0 Å². The van der Waals surface area contributed by atoms with E-state index in [1.54, 1.807) is 0 Å². The molecule has 0 aliphatic heterocycles. The Morgan fingerprint density at radius 1 is 1.47 bits per heavy atom. The molecule has 4 nitrogen and oxygen atoms in total. The van der Waals surface area contributed by atoms with Gasteiger partial charge in [0, 0.05) is 13.1 Å². The quantitative estimate of drug-likeness (QED) is 0.284. The van der Waals surface area contributed by atoms with Gasteiger partial charge in [0.25, 0.3) is 0 Å². The summed E-state index contributed by atoms with van der Waals surface area (Å²) in [6.07, 6.45) is 5.11. The lowest BCUT2D eigenvalue weighted by Crippen LogP contribution is -2.42. The standard InChI is InChI=1S/C11H24N4/c1-3-7-13-11(15-12)14-8-10-6-4-5-9(10)2/h9-10H,3-8,12H2,1-2H3,(H2,13,14,15). The van der Waals surface area contributed by atoms with Crippen molar-refractivity contribution in [3.63, 3.8) is 0 Å². The highest BCUT2D eigenvalue weighted by Crippen LogP contribution is 2.31. The Labute approximate surface area is 92.7 Å². The van der Waals surface area contributed by atoms with E-state index in [1.807, 2.05) is 0 Å². The molecule has 0 radical (unpaired) electrons. The first kappa shape index (κ1) is 12.3. The third-order valence-corrected chi connectivity index (χ3v) is 3.20. The highest BCUT2D eigenvalue weighted by molar-refractivity contribution is 5.79. The van der Waals surface area contributed by atoms with Crippen LogP contribution in [-0.2, 0) is 0 Å². The second-order valence-corrected chi connectivity index (χ2v) is 4.43. The van der Waals surface area contributed by atoms with E-state index in [9.17, 15) is 0 Å². The Kier molecular flexibility index (Phi) is 5.47. The number of hydrogen-bond acceptors (Lipinski definition) is 2. The summed E-state index contributed by atoms with van der Waals surface area (Å²) in [6, 6.07) is 0. The number of nitrogens with two attached hydrogens (primary N) is 1. The number of nitrogens with zero attached hydrogens (tertiary/aromatic N) is 1. The van der Waals surface area contributed by atoms with Crippen LogP contribution in [0.1, 0.15) is 39.5 Å². The molecule has 4 heteroatoms. The molecule has 2 atom stereocenters.